The van der Waals surface area contributed by atoms with Crippen LogP contribution in [-0.2, 0) is 11.3 Å². The summed E-state index contributed by atoms with van der Waals surface area (Å²) in [6.07, 6.45) is 3.89. The van der Waals surface area contributed by atoms with Gasteiger partial charge in [0.05, 0.1) is 0 Å². The quantitative estimate of drug-likeness (QED) is 0.533. The Labute approximate surface area is 194 Å². The number of carbonyl (C=O) groups is 2. The molecule has 1 aliphatic heterocycles. The van der Waals surface area contributed by atoms with Crippen molar-refractivity contribution in [2.24, 2.45) is 5.92 Å². The number of halogens is 2. The Morgan fingerprint density at radius 2 is 2.03 bits per heavy atom. The third-order valence-electron chi connectivity index (χ3n) is 5.93. The summed E-state index contributed by atoms with van der Waals surface area (Å²) < 4.78 is 33.4. The van der Waals surface area contributed by atoms with Crippen LogP contribution in [0, 0.1) is 17.6 Å². The zero-order chi connectivity index (χ0) is 24.4. The first kappa shape index (κ1) is 23.7. The molecule has 1 aromatic heterocycles. The summed E-state index contributed by atoms with van der Waals surface area (Å²) in [4.78, 5) is 40.1. The molecule has 0 unspecified atom stereocenters. The maximum Gasteiger partial charge on any atom is 0.277 e. The molecule has 2 aliphatic rings. The first-order valence-corrected chi connectivity index (χ1v) is 11.0. The Kier molecular flexibility index (Phi) is 6.82. The lowest BCUT2D eigenvalue weighted by atomic mass is 10.1. The lowest BCUT2D eigenvalue weighted by Gasteiger charge is -2.40. The van der Waals surface area contributed by atoms with Gasteiger partial charge >= 0.3 is 0 Å². The highest BCUT2D eigenvalue weighted by molar-refractivity contribution is 5.99. The molecule has 0 atom stereocenters. The molecular weight excluding hydrogens is 450 g/mol. The number of fused-ring (bicyclic) bond motifs is 1. The van der Waals surface area contributed by atoms with Crippen molar-refractivity contribution in [3.05, 3.63) is 63.1 Å². The van der Waals surface area contributed by atoms with Crippen molar-refractivity contribution in [3.8, 4) is 5.75 Å². The fourth-order valence-electron chi connectivity index (χ4n) is 3.90. The van der Waals surface area contributed by atoms with Crippen LogP contribution in [0.15, 0.2) is 29.2 Å². The third kappa shape index (κ3) is 4.89. The fourth-order valence-corrected chi connectivity index (χ4v) is 3.90. The third-order valence-corrected chi connectivity index (χ3v) is 5.93. The van der Waals surface area contributed by atoms with E-state index in [1.54, 1.807) is 7.11 Å². The smallest absolute Gasteiger partial charge is 0.277 e. The normalized spacial score (nSPS) is 15.4. The van der Waals surface area contributed by atoms with Gasteiger partial charge in [0, 0.05) is 51.2 Å². The zero-order valence-electron chi connectivity index (χ0n) is 18.7. The van der Waals surface area contributed by atoms with Gasteiger partial charge in [0.25, 0.3) is 11.8 Å². The predicted molar refractivity (Wildman–Crippen MR) is 118 cm³/mol. The first-order valence-electron chi connectivity index (χ1n) is 11.0. The maximum atomic E-state index is 13.9. The number of hydrogen-bond acceptors (Lipinski definition) is 6. The number of ether oxygens (including phenoxy) is 1. The number of pyridine rings is 1. The van der Waals surface area contributed by atoms with Crippen molar-refractivity contribution in [2.75, 3.05) is 38.5 Å². The van der Waals surface area contributed by atoms with Crippen LogP contribution in [0.5, 0.6) is 5.75 Å². The van der Waals surface area contributed by atoms with Crippen molar-refractivity contribution in [3.63, 3.8) is 0 Å². The number of aromatic hydroxyl groups is 1. The molecule has 9 nitrogen and oxygen atoms in total. The summed E-state index contributed by atoms with van der Waals surface area (Å²) in [5, 5.41) is 14.9. The summed E-state index contributed by atoms with van der Waals surface area (Å²) in [6, 6.07) is 2.95. The summed E-state index contributed by atoms with van der Waals surface area (Å²) >= 11 is 0. The van der Waals surface area contributed by atoms with Gasteiger partial charge < -0.3 is 20.1 Å². The number of methoxy groups -OCH3 is 1. The van der Waals surface area contributed by atoms with Gasteiger partial charge in [0.1, 0.15) is 23.9 Å². The predicted octanol–water partition coefficient (Wildman–Crippen LogP) is 1.56. The van der Waals surface area contributed by atoms with E-state index in [1.165, 1.54) is 21.8 Å². The van der Waals surface area contributed by atoms with Crippen LogP contribution < -0.4 is 15.8 Å². The zero-order valence-corrected chi connectivity index (χ0v) is 18.7. The second-order valence-corrected chi connectivity index (χ2v) is 8.52. The second-order valence-electron chi connectivity index (χ2n) is 8.52. The largest absolute Gasteiger partial charge is 0.502 e. The van der Waals surface area contributed by atoms with Gasteiger partial charge in [-0.1, -0.05) is 6.07 Å². The van der Waals surface area contributed by atoms with E-state index < -0.39 is 34.6 Å². The van der Waals surface area contributed by atoms with E-state index in [0.717, 1.165) is 18.9 Å². The Bertz CT molecular complexity index is 1160. The van der Waals surface area contributed by atoms with Gasteiger partial charge in [-0.05, 0) is 31.2 Å². The van der Waals surface area contributed by atoms with Crippen LogP contribution in [0.4, 0.5) is 8.78 Å². The minimum atomic E-state index is -0.998. The monoisotopic (exact) mass is 476 g/mol. The van der Waals surface area contributed by atoms with Crippen LogP contribution >= 0.6 is 0 Å². The molecule has 2 aromatic rings. The van der Waals surface area contributed by atoms with E-state index in [4.69, 9.17) is 4.74 Å². The molecule has 1 fully saturated rings. The van der Waals surface area contributed by atoms with Gasteiger partial charge in [-0.2, -0.15) is 0 Å². The molecular formula is C23H26F2N4O5. The molecule has 0 spiro atoms. The molecule has 1 saturated carbocycles. The van der Waals surface area contributed by atoms with E-state index in [0.29, 0.717) is 38.1 Å². The molecule has 182 valence electrons. The number of carbonyl (C=O) groups excluding carboxylic acids is 2. The van der Waals surface area contributed by atoms with E-state index in [-0.39, 0.29) is 30.0 Å². The average Bonchev–Trinajstić information content (AvgIpc) is 3.62. The van der Waals surface area contributed by atoms with E-state index in [2.05, 4.69) is 5.32 Å². The number of benzene rings is 1. The number of nitrogens with zero attached hydrogens (tertiary/aromatic N) is 3. The van der Waals surface area contributed by atoms with Crippen LogP contribution in [0.3, 0.4) is 0 Å². The minimum absolute atomic E-state index is 0.0364. The number of nitrogens with one attached hydrogen (secondary N) is 1. The number of hydrogen-bond donors (Lipinski definition) is 2. The van der Waals surface area contributed by atoms with Gasteiger partial charge in [-0.15, -0.1) is 0 Å². The molecule has 2 amide bonds. The lowest BCUT2D eigenvalue weighted by molar-refractivity contribution is 0.0664. The van der Waals surface area contributed by atoms with Crippen LogP contribution in [0.25, 0.3) is 0 Å². The van der Waals surface area contributed by atoms with Crippen LogP contribution in [0.2, 0.25) is 0 Å². The highest BCUT2D eigenvalue weighted by atomic mass is 19.1. The highest BCUT2D eigenvalue weighted by Gasteiger charge is 2.36. The van der Waals surface area contributed by atoms with Crippen LogP contribution in [0.1, 0.15) is 45.7 Å². The van der Waals surface area contributed by atoms with Crippen molar-refractivity contribution < 1.29 is 28.2 Å². The Hall–Kier alpha value is -3.47. The van der Waals surface area contributed by atoms with E-state index in [1.807, 2.05) is 5.01 Å². The topological polar surface area (TPSA) is 104 Å². The number of amides is 2. The molecule has 2 N–H and O–H groups in total. The Morgan fingerprint density at radius 1 is 1.26 bits per heavy atom. The number of rotatable bonds is 9. The van der Waals surface area contributed by atoms with E-state index >= 15 is 0 Å². The lowest BCUT2D eigenvalue weighted by Crippen LogP contribution is -2.55. The highest BCUT2D eigenvalue weighted by Crippen LogP contribution is 2.31. The fraction of sp³-hybridized carbons (Fsp3) is 0.435. The Balaban J connectivity index is 1.62. The molecule has 1 aromatic carbocycles. The molecule has 11 heteroatoms. The average molecular weight is 476 g/mol. The maximum absolute atomic E-state index is 13.9. The minimum Gasteiger partial charge on any atom is -0.502 e. The second kappa shape index (κ2) is 9.80. The molecule has 34 heavy (non-hydrogen) atoms. The first-order chi connectivity index (χ1) is 16.3. The van der Waals surface area contributed by atoms with E-state index in [9.17, 15) is 28.3 Å². The van der Waals surface area contributed by atoms with Gasteiger partial charge in [0.15, 0.2) is 11.4 Å². The number of aromatic nitrogens is 1. The molecule has 1 aliphatic carbocycles. The SMILES string of the molecule is COCCCN1CN(CC2CC2)n2cc(C(=O)NCc3ccc(F)cc3F)c(=O)c(O)c2C1=O. The van der Waals surface area contributed by atoms with Crippen molar-refractivity contribution in [2.45, 2.75) is 25.8 Å². The van der Waals surface area contributed by atoms with Crippen molar-refractivity contribution in [1.29, 1.82) is 0 Å². The summed E-state index contributed by atoms with van der Waals surface area (Å²) in [5.74, 6) is -3.34. The molecule has 4 rings (SSSR count). The Morgan fingerprint density at radius 3 is 2.71 bits per heavy atom. The van der Waals surface area contributed by atoms with Crippen molar-refractivity contribution in [1.82, 2.24) is 14.9 Å². The standard InChI is InChI=1S/C23H26F2N4O5/c1-34-8-2-7-27-13-28(11-14-3-4-14)29-12-17(20(30)21(31)19(29)23(27)33)22(32)26-10-15-5-6-16(24)9-18(15)25/h5-6,9,12,14,31H,2-4,7-8,10-11,13H2,1H3,(H,26,32). The van der Waals surface area contributed by atoms with Crippen molar-refractivity contribution >= 4 is 11.8 Å². The molecule has 2 heterocycles. The van der Waals surface area contributed by atoms with Gasteiger partial charge in [-0.3, -0.25) is 24.1 Å². The summed E-state index contributed by atoms with van der Waals surface area (Å²) in [6.45, 7) is 1.37. The van der Waals surface area contributed by atoms with Gasteiger partial charge in [0.2, 0.25) is 5.43 Å². The molecule has 0 bridgehead atoms. The summed E-state index contributed by atoms with van der Waals surface area (Å²) in [7, 11) is 1.56. The van der Waals surface area contributed by atoms with Crippen LogP contribution in [-0.4, -0.2) is 60.0 Å². The summed E-state index contributed by atoms with van der Waals surface area (Å²) in [5.41, 5.74) is -1.54. The molecule has 0 radical (unpaired) electrons. The van der Waals surface area contributed by atoms with Gasteiger partial charge in [-0.25, -0.2) is 8.78 Å². The molecule has 0 saturated heterocycles.